The Morgan fingerprint density at radius 3 is 2.62 bits per heavy atom. The Kier molecular flexibility index (Phi) is 5.15. The van der Waals surface area contributed by atoms with E-state index in [-0.39, 0.29) is 30.2 Å². The van der Waals surface area contributed by atoms with Crippen LogP contribution in [-0.4, -0.2) is 53.1 Å². The third-order valence-corrected chi connectivity index (χ3v) is 4.41. The van der Waals surface area contributed by atoms with Crippen LogP contribution in [0.25, 0.3) is 0 Å². The summed E-state index contributed by atoms with van der Waals surface area (Å²) in [5, 5.41) is 10.3. The van der Waals surface area contributed by atoms with E-state index in [1.165, 1.54) is 0 Å². The van der Waals surface area contributed by atoms with Gasteiger partial charge in [0.15, 0.2) is 0 Å². The molecular formula is C16H29NO4. The van der Waals surface area contributed by atoms with Crippen molar-refractivity contribution in [2.24, 2.45) is 5.92 Å². The highest BCUT2D eigenvalue weighted by atomic mass is 16.6. The fourth-order valence-corrected chi connectivity index (χ4v) is 3.39. The molecule has 2 aliphatic heterocycles. The monoisotopic (exact) mass is 299 g/mol. The molecule has 2 saturated heterocycles. The molecule has 21 heavy (non-hydrogen) atoms. The number of nitrogens with zero attached hydrogens (tertiary/aromatic N) is 1. The predicted octanol–water partition coefficient (Wildman–Crippen LogP) is 2.56. The van der Waals surface area contributed by atoms with Crippen LogP contribution < -0.4 is 0 Å². The van der Waals surface area contributed by atoms with E-state index in [1.807, 2.05) is 25.7 Å². The molecule has 2 fully saturated rings. The second-order valence-corrected chi connectivity index (χ2v) is 7.33. The zero-order valence-corrected chi connectivity index (χ0v) is 13.7. The van der Waals surface area contributed by atoms with Gasteiger partial charge in [0.2, 0.25) is 0 Å². The summed E-state index contributed by atoms with van der Waals surface area (Å²) in [7, 11) is 0. The van der Waals surface area contributed by atoms with Crippen molar-refractivity contribution in [3.63, 3.8) is 0 Å². The summed E-state index contributed by atoms with van der Waals surface area (Å²) in [6.45, 7) is 8.84. The topological polar surface area (TPSA) is 59.0 Å². The van der Waals surface area contributed by atoms with Crippen LogP contribution in [0, 0.1) is 5.92 Å². The molecule has 1 amide bonds. The van der Waals surface area contributed by atoms with Gasteiger partial charge >= 0.3 is 6.09 Å². The van der Waals surface area contributed by atoms with E-state index in [0.29, 0.717) is 19.6 Å². The smallest absolute Gasteiger partial charge is 0.410 e. The first-order valence-electron chi connectivity index (χ1n) is 8.06. The molecule has 0 saturated carbocycles. The number of aliphatic hydroxyl groups excluding tert-OH is 1. The lowest BCUT2D eigenvalue weighted by Gasteiger charge is -2.46. The molecule has 5 nitrogen and oxygen atoms in total. The van der Waals surface area contributed by atoms with Gasteiger partial charge in [-0.3, -0.25) is 0 Å². The van der Waals surface area contributed by atoms with Crippen LogP contribution in [0.15, 0.2) is 0 Å². The average Bonchev–Trinajstić information content (AvgIpc) is 2.36. The quantitative estimate of drug-likeness (QED) is 0.808. The molecule has 122 valence electrons. The average molecular weight is 299 g/mol. The second-order valence-electron chi connectivity index (χ2n) is 7.33. The lowest BCUT2D eigenvalue weighted by Crippen LogP contribution is -2.57. The number of aliphatic hydroxyl groups is 1. The Morgan fingerprint density at radius 2 is 2.00 bits per heavy atom. The van der Waals surface area contributed by atoms with Gasteiger partial charge in [0, 0.05) is 24.6 Å². The largest absolute Gasteiger partial charge is 0.444 e. The number of piperidine rings is 1. The highest BCUT2D eigenvalue weighted by molar-refractivity contribution is 5.69. The maximum Gasteiger partial charge on any atom is 0.410 e. The maximum atomic E-state index is 12.6. The zero-order chi connectivity index (χ0) is 15.6. The molecule has 4 unspecified atom stereocenters. The Labute approximate surface area is 127 Å². The van der Waals surface area contributed by atoms with E-state index in [2.05, 4.69) is 6.92 Å². The predicted molar refractivity (Wildman–Crippen MR) is 80.1 cm³/mol. The number of likely N-dealkylation sites (tertiary alicyclic amines) is 1. The minimum Gasteiger partial charge on any atom is -0.444 e. The van der Waals surface area contributed by atoms with Gasteiger partial charge in [0.25, 0.3) is 0 Å². The minimum absolute atomic E-state index is 0.00554. The number of hydrogen-bond acceptors (Lipinski definition) is 4. The van der Waals surface area contributed by atoms with Crippen LogP contribution in [0.1, 0.15) is 53.4 Å². The van der Waals surface area contributed by atoms with E-state index < -0.39 is 5.60 Å². The van der Waals surface area contributed by atoms with Crippen molar-refractivity contribution in [3.05, 3.63) is 0 Å². The normalized spacial score (nSPS) is 34.6. The number of hydrogen-bond donors (Lipinski definition) is 1. The van der Waals surface area contributed by atoms with E-state index in [0.717, 1.165) is 19.3 Å². The lowest BCUT2D eigenvalue weighted by molar-refractivity contribution is -0.0853. The molecule has 2 heterocycles. The molecule has 4 atom stereocenters. The summed E-state index contributed by atoms with van der Waals surface area (Å²) >= 11 is 0. The number of amides is 1. The van der Waals surface area contributed by atoms with Gasteiger partial charge in [-0.05, 0) is 53.4 Å². The van der Waals surface area contributed by atoms with E-state index in [4.69, 9.17) is 9.47 Å². The molecule has 0 bridgehead atoms. The van der Waals surface area contributed by atoms with Crippen LogP contribution in [-0.2, 0) is 9.47 Å². The van der Waals surface area contributed by atoms with Gasteiger partial charge in [-0.15, -0.1) is 0 Å². The molecule has 0 aliphatic carbocycles. The summed E-state index contributed by atoms with van der Waals surface area (Å²) in [5.41, 5.74) is -0.500. The van der Waals surface area contributed by atoms with Gasteiger partial charge < -0.3 is 19.5 Å². The van der Waals surface area contributed by atoms with Crippen molar-refractivity contribution < 1.29 is 19.4 Å². The van der Waals surface area contributed by atoms with Crippen LogP contribution in [0.5, 0.6) is 0 Å². The molecule has 5 heteroatoms. The Hall–Kier alpha value is -0.810. The van der Waals surface area contributed by atoms with Crippen molar-refractivity contribution in [3.8, 4) is 0 Å². The Morgan fingerprint density at radius 1 is 1.29 bits per heavy atom. The summed E-state index contributed by atoms with van der Waals surface area (Å²) in [6.07, 6.45) is 2.97. The minimum atomic E-state index is -0.500. The van der Waals surface area contributed by atoms with Crippen molar-refractivity contribution in [2.75, 3.05) is 13.2 Å². The molecule has 0 aromatic rings. The highest BCUT2D eigenvalue weighted by Crippen LogP contribution is 2.33. The van der Waals surface area contributed by atoms with Gasteiger partial charge in [0.1, 0.15) is 5.60 Å². The van der Waals surface area contributed by atoms with E-state index in [9.17, 15) is 9.90 Å². The molecule has 1 N–H and O–H groups in total. The first-order chi connectivity index (χ1) is 9.79. The van der Waals surface area contributed by atoms with E-state index >= 15 is 0 Å². The molecule has 0 spiro atoms. The van der Waals surface area contributed by atoms with Crippen LogP contribution >= 0.6 is 0 Å². The summed E-state index contributed by atoms with van der Waals surface area (Å²) in [4.78, 5) is 14.4. The van der Waals surface area contributed by atoms with Gasteiger partial charge in [0.05, 0.1) is 12.7 Å². The number of ether oxygens (including phenoxy) is 2. The van der Waals surface area contributed by atoms with Crippen LogP contribution in [0.3, 0.4) is 0 Å². The SMILES string of the molecule is CC1CCCC(C2COCCC2O)N1C(=O)OC(C)(C)C. The van der Waals surface area contributed by atoms with Crippen molar-refractivity contribution in [1.82, 2.24) is 4.90 Å². The van der Waals surface area contributed by atoms with Gasteiger partial charge in [-0.2, -0.15) is 0 Å². The fourth-order valence-electron chi connectivity index (χ4n) is 3.39. The summed E-state index contributed by atoms with van der Waals surface area (Å²) in [5.74, 6) is -0.00554. The first-order valence-corrected chi connectivity index (χ1v) is 8.06. The lowest BCUT2D eigenvalue weighted by atomic mass is 9.83. The van der Waals surface area contributed by atoms with Gasteiger partial charge in [-0.25, -0.2) is 4.79 Å². The third-order valence-electron chi connectivity index (χ3n) is 4.41. The third kappa shape index (κ3) is 4.10. The molecule has 2 aliphatic rings. The first kappa shape index (κ1) is 16.6. The summed E-state index contributed by atoms with van der Waals surface area (Å²) < 4.78 is 11.1. The summed E-state index contributed by atoms with van der Waals surface area (Å²) in [6, 6.07) is 0.159. The van der Waals surface area contributed by atoms with Crippen molar-refractivity contribution in [1.29, 1.82) is 0 Å². The Bertz CT molecular complexity index is 366. The second kappa shape index (κ2) is 6.53. The standard InChI is InChI=1S/C16H29NO4/c1-11-6-5-7-13(12-10-20-9-8-14(12)18)17(11)15(19)21-16(2,3)4/h11-14,18H,5-10H2,1-4H3. The fraction of sp³-hybridized carbons (Fsp3) is 0.938. The molecule has 0 aromatic heterocycles. The van der Waals surface area contributed by atoms with Crippen LogP contribution in [0.2, 0.25) is 0 Å². The zero-order valence-electron chi connectivity index (χ0n) is 13.7. The number of carbonyl (C=O) groups is 1. The van der Waals surface area contributed by atoms with Crippen molar-refractivity contribution >= 4 is 6.09 Å². The number of carbonyl (C=O) groups excluding carboxylic acids is 1. The number of rotatable bonds is 1. The molecular weight excluding hydrogens is 270 g/mol. The molecule has 0 aromatic carbocycles. The Balaban J connectivity index is 2.14. The van der Waals surface area contributed by atoms with Gasteiger partial charge in [-0.1, -0.05) is 0 Å². The maximum absolute atomic E-state index is 12.6. The molecule has 0 radical (unpaired) electrons. The van der Waals surface area contributed by atoms with Crippen LogP contribution in [0.4, 0.5) is 4.79 Å². The van der Waals surface area contributed by atoms with E-state index in [1.54, 1.807) is 0 Å². The highest BCUT2D eigenvalue weighted by Gasteiger charge is 2.42. The van der Waals surface area contributed by atoms with Crippen molar-refractivity contribution in [2.45, 2.75) is 77.2 Å². The molecule has 2 rings (SSSR count).